The van der Waals surface area contributed by atoms with Crippen molar-refractivity contribution in [3.05, 3.63) is 140 Å². The van der Waals surface area contributed by atoms with Gasteiger partial charge >= 0.3 is 0 Å². The summed E-state index contributed by atoms with van der Waals surface area (Å²) in [7, 11) is 0. The van der Waals surface area contributed by atoms with Crippen LogP contribution in [0.3, 0.4) is 0 Å². The van der Waals surface area contributed by atoms with Crippen molar-refractivity contribution in [3.63, 3.8) is 0 Å². The van der Waals surface area contributed by atoms with Gasteiger partial charge in [0.05, 0.1) is 11.0 Å². The number of hydrogen-bond donors (Lipinski definition) is 0. The van der Waals surface area contributed by atoms with Crippen LogP contribution in [0.25, 0.3) is 92.8 Å². The van der Waals surface area contributed by atoms with Crippen LogP contribution >= 0.6 is 0 Å². The van der Waals surface area contributed by atoms with E-state index in [4.69, 9.17) is 0 Å². The fourth-order valence-electron chi connectivity index (χ4n) is 7.64. The van der Waals surface area contributed by atoms with E-state index in [1.165, 1.54) is 92.8 Å². The highest BCUT2D eigenvalue weighted by atomic mass is 15.0. The van der Waals surface area contributed by atoms with Gasteiger partial charge in [0.1, 0.15) is 0 Å². The van der Waals surface area contributed by atoms with Crippen LogP contribution < -0.4 is 0 Å². The standard InChI is InChI=1S/C40H23N/c1-2-12-27-24(10-1)20-21-34-38(27)31-15-5-6-16-32(31)40-39(34)33-17-7-8-19-36(33)41(40)26-22-25-11-9-18-30-28-13-3-4-14-29(28)35(23-26)37(25)30/h1-23H. The quantitative estimate of drug-likeness (QED) is 0.191. The van der Waals surface area contributed by atoms with E-state index in [0.717, 1.165) is 0 Å². The minimum absolute atomic E-state index is 1.21. The third kappa shape index (κ3) is 2.66. The van der Waals surface area contributed by atoms with Crippen LogP contribution in [0.5, 0.6) is 0 Å². The highest BCUT2D eigenvalue weighted by Crippen LogP contribution is 2.49. The van der Waals surface area contributed by atoms with E-state index in [9.17, 15) is 0 Å². The zero-order valence-electron chi connectivity index (χ0n) is 22.2. The lowest BCUT2D eigenvalue weighted by Crippen LogP contribution is -1.96. The van der Waals surface area contributed by atoms with Gasteiger partial charge in [0.15, 0.2) is 0 Å². The largest absolute Gasteiger partial charge is 0.309 e. The van der Waals surface area contributed by atoms with E-state index >= 15 is 0 Å². The molecule has 1 heteroatoms. The maximum Gasteiger partial charge on any atom is 0.0625 e. The van der Waals surface area contributed by atoms with Gasteiger partial charge in [-0.1, -0.05) is 121 Å². The van der Waals surface area contributed by atoms with Gasteiger partial charge in [0, 0.05) is 21.8 Å². The highest BCUT2D eigenvalue weighted by Gasteiger charge is 2.24. The smallest absolute Gasteiger partial charge is 0.0625 e. The molecule has 0 atom stereocenters. The number of aromatic nitrogens is 1. The molecule has 0 spiro atoms. The molecular weight excluding hydrogens is 494 g/mol. The second-order valence-electron chi connectivity index (χ2n) is 11.3. The van der Waals surface area contributed by atoms with Crippen molar-refractivity contribution in [2.45, 2.75) is 0 Å². The number of para-hydroxylation sites is 1. The predicted molar refractivity (Wildman–Crippen MR) is 175 cm³/mol. The molecule has 41 heavy (non-hydrogen) atoms. The van der Waals surface area contributed by atoms with Crippen molar-refractivity contribution in [3.8, 4) is 27.9 Å². The van der Waals surface area contributed by atoms with Crippen LogP contribution in [-0.2, 0) is 0 Å². The molecule has 8 aromatic carbocycles. The average Bonchev–Trinajstić information content (AvgIpc) is 3.56. The number of benzene rings is 8. The van der Waals surface area contributed by atoms with Crippen molar-refractivity contribution >= 4 is 64.9 Å². The zero-order chi connectivity index (χ0) is 26.7. The summed E-state index contributed by atoms with van der Waals surface area (Å²) in [5, 5.41) is 13.1. The van der Waals surface area contributed by atoms with E-state index in [1.807, 2.05) is 0 Å². The summed E-state index contributed by atoms with van der Waals surface area (Å²) in [6, 6.07) is 51.7. The first-order valence-corrected chi connectivity index (χ1v) is 14.3. The van der Waals surface area contributed by atoms with Gasteiger partial charge in [-0.25, -0.2) is 0 Å². The summed E-state index contributed by atoms with van der Waals surface area (Å²) in [5.74, 6) is 0. The zero-order valence-corrected chi connectivity index (χ0v) is 22.2. The Bertz CT molecular complexity index is 2580. The fourth-order valence-corrected chi connectivity index (χ4v) is 7.64. The monoisotopic (exact) mass is 517 g/mol. The number of rotatable bonds is 1. The van der Waals surface area contributed by atoms with E-state index in [2.05, 4.69) is 144 Å². The molecule has 10 rings (SSSR count). The maximum absolute atomic E-state index is 2.52. The van der Waals surface area contributed by atoms with Crippen molar-refractivity contribution < 1.29 is 0 Å². The molecule has 0 saturated carbocycles. The Morgan fingerprint density at radius 1 is 0.341 bits per heavy atom. The maximum atomic E-state index is 2.52. The minimum Gasteiger partial charge on any atom is -0.309 e. The second-order valence-corrected chi connectivity index (χ2v) is 11.3. The lowest BCUT2D eigenvalue weighted by Gasteiger charge is -2.15. The van der Waals surface area contributed by atoms with E-state index in [0.29, 0.717) is 0 Å². The summed E-state index contributed by atoms with van der Waals surface area (Å²) in [6.45, 7) is 0. The molecule has 0 aliphatic heterocycles. The van der Waals surface area contributed by atoms with Crippen LogP contribution in [0.15, 0.2) is 140 Å². The Morgan fingerprint density at radius 2 is 1.00 bits per heavy atom. The molecule has 1 nitrogen and oxygen atoms in total. The molecule has 1 aromatic heterocycles. The first-order chi connectivity index (χ1) is 20.4. The number of nitrogens with zero attached hydrogens (tertiary/aromatic N) is 1. The molecule has 0 fully saturated rings. The van der Waals surface area contributed by atoms with Gasteiger partial charge in [0.25, 0.3) is 0 Å². The van der Waals surface area contributed by atoms with Gasteiger partial charge < -0.3 is 4.57 Å². The first-order valence-electron chi connectivity index (χ1n) is 14.3. The molecule has 0 N–H and O–H groups in total. The molecule has 9 aromatic rings. The average molecular weight is 518 g/mol. The molecule has 0 radical (unpaired) electrons. The second kappa shape index (κ2) is 7.62. The van der Waals surface area contributed by atoms with Crippen LogP contribution in [0.4, 0.5) is 0 Å². The summed E-state index contributed by atoms with van der Waals surface area (Å²) in [6.07, 6.45) is 0. The number of hydrogen-bond acceptors (Lipinski definition) is 0. The van der Waals surface area contributed by atoms with Gasteiger partial charge in [-0.3, -0.25) is 0 Å². The lowest BCUT2D eigenvalue weighted by atomic mass is 9.93. The first kappa shape index (κ1) is 21.4. The van der Waals surface area contributed by atoms with Crippen LogP contribution in [0.1, 0.15) is 0 Å². The van der Waals surface area contributed by atoms with Gasteiger partial charge in [0.2, 0.25) is 0 Å². The summed E-state index contributed by atoms with van der Waals surface area (Å²) >= 11 is 0. The molecule has 0 amide bonds. The molecule has 1 heterocycles. The Kier molecular flexibility index (Phi) is 3.98. The SMILES string of the molecule is c1ccc2c(c1)-c1cccc3cc(-n4c5ccccc5c5c6ccc7ccccc7c6c6ccccc6c54)cc-2c13. The van der Waals surface area contributed by atoms with Crippen molar-refractivity contribution in [1.29, 1.82) is 0 Å². The molecule has 188 valence electrons. The molecule has 1 aliphatic rings. The fraction of sp³-hybridized carbons (Fsp3) is 0. The Hall–Kier alpha value is -5.40. The van der Waals surface area contributed by atoms with Gasteiger partial charge in [-0.2, -0.15) is 0 Å². The normalized spacial score (nSPS) is 12.4. The van der Waals surface area contributed by atoms with E-state index in [1.54, 1.807) is 0 Å². The minimum atomic E-state index is 1.21. The third-order valence-electron chi connectivity index (χ3n) is 9.25. The predicted octanol–water partition coefficient (Wildman–Crippen LogP) is 11.0. The summed E-state index contributed by atoms with van der Waals surface area (Å²) < 4.78 is 2.52. The van der Waals surface area contributed by atoms with Crippen LogP contribution in [0.2, 0.25) is 0 Å². The topological polar surface area (TPSA) is 4.93 Å². The molecular formula is C40H23N. The summed E-state index contributed by atoms with van der Waals surface area (Å²) in [5.41, 5.74) is 9.04. The highest BCUT2D eigenvalue weighted by molar-refractivity contribution is 6.36. The lowest BCUT2D eigenvalue weighted by molar-refractivity contribution is 1.19. The van der Waals surface area contributed by atoms with Crippen molar-refractivity contribution in [2.75, 3.05) is 0 Å². The molecule has 1 aliphatic carbocycles. The van der Waals surface area contributed by atoms with E-state index in [-0.39, 0.29) is 0 Å². The van der Waals surface area contributed by atoms with Gasteiger partial charge in [-0.05, 0) is 78.2 Å². The van der Waals surface area contributed by atoms with Crippen molar-refractivity contribution in [2.24, 2.45) is 0 Å². The molecule has 0 saturated heterocycles. The summed E-state index contributed by atoms with van der Waals surface area (Å²) in [4.78, 5) is 0. The third-order valence-corrected chi connectivity index (χ3v) is 9.25. The molecule has 0 unspecified atom stereocenters. The van der Waals surface area contributed by atoms with Crippen LogP contribution in [-0.4, -0.2) is 4.57 Å². The Balaban J connectivity index is 1.45. The van der Waals surface area contributed by atoms with E-state index < -0.39 is 0 Å². The van der Waals surface area contributed by atoms with Gasteiger partial charge in [-0.15, -0.1) is 0 Å². The Morgan fingerprint density at radius 3 is 1.88 bits per heavy atom. The van der Waals surface area contributed by atoms with Crippen LogP contribution in [0, 0.1) is 0 Å². The Labute approximate surface area is 236 Å². The van der Waals surface area contributed by atoms with Crippen molar-refractivity contribution in [1.82, 2.24) is 4.57 Å². The molecule has 0 bridgehead atoms. The number of fused-ring (bicyclic) bond motifs is 13.